The first-order chi connectivity index (χ1) is 16.4. The second-order valence-electron chi connectivity index (χ2n) is 8.46. The Kier molecular flexibility index (Phi) is 6.85. The number of hydrogen-bond donors (Lipinski definition) is 1. The van der Waals surface area contributed by atoms with Crippen LogP contribution in [0.3, 0.4) is 0 Å². The van der Waals surface area contributed by atoms with Gasteiger partial charge in [-0.05, 0) is 43.0 Å². The van der Waals surface area contributed by atoms with E-state index < -0.39 is 17.2 Å². The standard InChI is InChI=1S/C25H28FN5O3/c1-4-17-5-7-18(8-6-17)25(15-34-22-13-28-16(2)30-21(22)14-33-3)11-20(25)24(32)31(27)23-10-9-19(26)12-29-23/h5-10,12-13,20H,4,11,14-15,27H2,1-3H3/t20-,25+/m0/s1. The van der Waals surface area contributed by atoms with Crippen molar-refractivity contribution in [3.05, 3.63) is 77.3 Å². The number of methoxy groups -OCH3 is 1. The number of benzene rings is 1. The summed E-state index contributed by atoms with van der Waals surface area (Å²) in [6.07, 6.45) is 4.13. The maximum Gasteiger partial charge on any atom is 0.246 e. The monoisotopic (exact) mass is 465 g/mol. The number of amides is 1. The molecule has 178 valence electrons. The van der Waals surface area contributed by atoms with Crippen LogP contribution in [0.1, 0.15) is 36.0 Å². The molecule has 4 rings (SSSR count). The molecule has 0 aliphatic heterocycles. The molecule has 34 heavy (non-hydrogen) atoms. The molecule has 2 N–H and O–H groups in total. The van der Waals surface area contributed by atoms with Crippen LogP contribution in [0.15, 0.2) is 48.8 Å². The van der Waals surface area contributed by atoms with Crippen LogP contribution in [-0.2, 0) is 28.0 Å². The largest absolute Gasteiger partial charge is 0.489 e. The van der Waals surface area contributed by atoms with Crippen molar-refractivity contribution in [3.63, 3.8) is 0 Å². The number of aromatic nitrogens is 3. The number of hydrazine groups is 1. The fourth-order valence-corrected chi connectivity index (χ4v) is 4.13. The zero-order valence-corrected chi connectivity index (χ0v) is 19.5. The van der Waals surface area contributed by atoms with Gasteiger partial charge in [0.25, 0.3) is 0 Å². The van der Waals surface area contributed by atoms with E-state index in [-0.39, 0.29) is 24.9 Å². The summed E-state index contributed by atoms with van der Waals surface area (Å²) in [6.45, 7) is 4.41. The number of rotatable bonds is 9. The van der Waals surface area contributed by atoms with Gasteiger partial charge in [0.15, 0.2) is 5.75 Å². The smallest absolute Gasteiger partial charge is 0.246 e. The Morgan fingerprint density at radius 3 is 2.62 bits per heavy atom. The Hall–Kier alpha value is -3.43. The minimum Gasteiger partial charge on any atom is -0.489 e. The molecule has 0 radical (unpaired) electrons. The molecule has 0 spiro atoms. The van der Waals surface area contributed by atoms with E-state index in [1.54, 1.807) is 20.2 Å². The molecule has 0 unspecified atom stereocenters. The summed E-state index contributed by atoms with van der Waals surface area (Å²) >= 11 is 0. The van der Waals surface area contributed by atoms with Gasteiger partial charge in [-0.25, -0.2) is 30.2 Å². The summed E-state index contributed by atoms with van der Waals surface area (Å²) in [4.78, 5) is 25.9. The van der Waals surface area contributed by atoms with Gasteiger partial charge in [-0.15, -0.1) is 0 Å². The van der Waals surface area contributed by atoms with Crippen LogP contribution in [-0.4, -0.2) is 34.6 Å². The Morgan fingerprint density at radius 1 is 1.21 bits per heavy atom. The second kappa shape index (κ2) is 9.82. The highest BCUT2D eigenvalue weighted by molar-refractivity contribution is 5.96. The van der Waals surface area contributed by atoms with Crippen LogP contribution < -0.4 is 15.6 Å². The number of nitrogens with two attached hydrogens (primary N) is 1. The maximum atomic E-state index is 13.3. The Balaban J connectivity index is 1.60. The summed E-state index contributed by atoms with van der Waals surface area (Å²) in [6, 6.07) is 10.8. The van der Waals surface area contributed by atoms with E-state index in [0.717, 1.165) is 23.2 Å². The second-order valence-corrected chi connectivity index (χ2v) is 8.46. The summed E-state index contributed by atoms with van der Waals surface area (Å²) < 4.78 is 24.7. The third-order valence-corrected chi connectivity index (χ3v) is 6.22. The molecule has 1 aliphatic carbocycles. The molecule has 1 amide bonds. The lowest BCUT2D eigenvalue weighted by atomic mass is 9.92. The van der Waals surface area contributed by atoms with Crippen LogP contribution in [0.25, 0.3) is 0 Å². The van der Waals surface area contributed by atoms with Crippen molar-refractivity contribution in [2.45, 2.75) is 38.7 Å². The zero-order chi connectivity index (χ0) is 24.3. The number of carbonyl (C=O) groups excluding carboxylic acids is 1. The zero-order valence-electron chi connectivity index (χ0n) is 19.5. The van der Waals surface area contributed by atoms with Crippen molar-refractivity contribution in [2.75, 3.05) is 18.7 Å². The number of halogens is 1. The molecular formula is C25H28FN5O3. The van der Waals surface area contributed by atoms with Gasteiger partial charge in [0.05, 0.1) is 31.5 Å². The number of carbonyl (C=O) groups is 1. The highest BCUT2D eigenvalue weighted by Gasteiger charge is 2.61. The first kappa shape index (κ1) is 23.7. The van der Waals surface area contributed by atoms with Gasteiger partial charge >= 0.3 is 0 Å². The SMILES string of the molecule is CCc1ccc([C@]2(COc3cnc(C)nc3COC)C[C@H]2C(=O)N(N)c2ccc(F)cn2)cc1. The molecule has 3 aromatic rings. The average Bonchev–Trinajstić information content (AvgIpc) is 3.59. The molecule has 9 heteroatoms. The van der Waals surface area contributed by atoms with Gasteiger partial charge in [-0.2, -0.15) is 0 Å². The van der Waals surface area contributed by atoms with Crippen LogP contribution in [0, 0.1) is 18.7 Å². The van der Waals surface area contributed by atoms with E-state index in [1.165, 1.54) is 17.7 Å². The van der Waals surface area contributed by atoms with Crippen molar-refractivity contribution in [3.8, 4) is 5.75 Å². The van der Waals surface area contributed by atoms with E-state index >= 15 is 0 Å². The molecule has 2 atom stereocenters. The van der Waals surface area contributed by atoms with Crippen LogP contribution >= 0.6 is 0 Å². The predicted octanol–water partition coefficient (Wildman–Crippen LogP) is 3.27. The normalized spacial score (nSPS) is 19.0. The maximum absolute atomic E-state index is 13.3. The lowest BCUT2D eigenvalue weighted by Gasteiger charge is -2.22. The summed E-state index contributed by atoms with van der Waals surface area (Å²) in [5, 5.41) is 0.984. The number of pyridine rings is 1. The van der Waals surface area contributed by atoms with E-state index in [1.807, 2.05) is 12.1 Å². The van der Waals surface area contributed by atoms with E-state index in [2.05, 4.69) is 34.0 Å². The number of ether oxygens (including phenoxy) is 2. The molecule has 1 saturated carbocycles. The minimum atomic E-state index is -0.573. The third kappa shape index (κ3) is 4.76. The number of nitrogens with zero attached hydrogens (tertiary/aromatic N) is 4. The minimum absolute atomic E-state index is 0.184. The summed E-state index contributed by atoms with van der Waals surface area (Å²) in [5.74, 6) is 6.17. The van der Waals surface area contributed by atoms with Gasteiger partial charge in [-0.3, -0.25) is 4.79 Å². The van der Waals surface area contributed by atoms with Gasteiger partial charge in [0.2, 0.25) is 5.91 Å². The Bertz CT molecular complexity index is 1160. The van der Waals surface area contributed by atoms with E-state index in [0.29, 0.717) is 23.7 Å². The highest BCUT2D eigenvalue weighted by atomic mass is 19.1. The molecule has 8 nitrogen and oxygen atoms in total. The highest BCUT2D eigenvalue weighted by Crippen LogP contribution is 2.55. The van der Waals surface area contributed by atoms with Crippen molar-refractivity contribution in [1.82, 2.24) is 15.0 Å². The average molecular weight is 466 g/mol. The van der Waals surface area contributed by atoms with Crippen LogP contribution in [0.5, 0.6) is 5.75 Å². The van der Waals surface area contributed by atoms with Crippen molar-refractivity contribution in [1.29, 1.82) is 0 Å². The number of aryl methyl sites for hydroxylation is 2. The molecule has 0 saturated heterocycles. The quantitative estimate of drug-likeness (QED) is 0.294. The van der Waals surface area contributed by atoms with E-state index in [4.69, 9.17) is 15.3 Å². The third-order valence-electron chi connectivity index (χ3n) is 6.22. The fraction of sp³-hybridized carbons (Fsp3) is 0.360. The number of anilines is 1. The van der Waals surface area contributed by atoms with Gasteiger partial charge in [-0.1, -0.05) is 31.2 Å². The van der Waals surface area contributed by atoms with Gasteiger partial charge in [0.1, 0.15) is 23.2 Å². The molecule has 1 fully saturated rings. The predicted molar refractivity (Wildman–Crippen MR) is 124 cm³/mol. The number of hydrogen-bond acceptors (Lipinski definition) is 7. The summed E-state index contributed by atoms with van der Waals surface area (Å²) in [5.41, 5.74) is 2.26. The van der Waals surface area contributed by atoms with Gasteiger partial charge < -0.3 is 9.47 Å². The topological polar surface area (TPSA) is 103 Å². The van der Waals surface area contributed by atoms with Crippen LogP contribution in [0.2, 0.25) is 0 Å². The first-order valence-electron chi connectivity index (χ1n) is 11.1. The Labute approximate surface area is 197 Å². The van der Waals surface area contributed by atoms with E-state index in [9.17, 15) is 9.18 Å². The molecular weight excluding hydrogens is 437 g/mol. The molecule has 1 aromatic carbocycles. The molecule has 2 heterocycles. The first-order valence-corrected chi connectivity index (χ1v) is 11.1. The van der Waals surface area contributed by atoms with Crippen molar-refractivity contribution >= 4 is 11.7 Å². The molecule has 1 aliphatic rings. The van der Waals surface area contributed by atoms with Gasteiger partial charge in [0, 0.05) is 12.5 Å². The molecule has 0 bridgehead atoms. The fourth-order valence-electron chi connectivity index (χ4n) is 4.13. The lowest BCUT2D eigenvalue weighted by molar-refractivity contribution is -0.120. The molecule has 2 aromatic heterocycles. The van der Waals surface area contributed by atoms with Crippen LogP contribution in [0.4, 0.5) is 10.2 Å². The lowest BCUT2D eigenvalue weighted by Crippen LogP contribution is -2.41. The summed E-state index contributed by atoms with van der Waals surface area (Å²) in [7, 11) is 1.59. The van der Waals surface area contributed by atoms with Crippen molar-refractivity contribution in [2.24, 2.45) is 11.8 Å². The Morgan fingerprint density at radius 2 is 1.97 bits per heavy atom. The van der Waals surface area contributed by atoms with Crippen molar-refractivity contribution < 1.29 is 18.7 Å².